The first-order chi connectivity index (χ1) is 4.61. The maximum atomic E-state index is 10.3. The quantitative estimate of drug-likeness (QED) is 0.852. The molecule has 1 aromatic rings. The zero-order valence-corrected chi connectivity index (χ0v) is 7.77. The third kappa shape index (κ3) is 1.41. The van der Waals surface area contributed by atoms with E-state index in [1.165, 1.54) is 6.07 Å². The lowest BCUT2D eigenvalue weighted by Crippen LogP contribution is -1.93. The average molecular weight is 270 g/mol. The van der Waals surface area contributed by atoms with Gasteiger partial charge in [-0.05, 0) is 31.9 Å². The molecule has 0 aliphatic carbocycles. The zero-order chi connectivity index (χ0) is 7.72. The van der Waals surface area contributed by atoms with Crippen molar-refractivity contribution in [3.63, 3.8) is 0 Å². The highest BCUT2D eigenvalue weighted by molar-refractivity contribution is 9.11. The largest absolute Gasteiger partial charge is 0.475 e. The van der Waals surface area contributed by atoms with Gasteiger partial charge in [-0.15, -0.1) is 0 Å². The standard InChI is InChI=1S/C5H2Br2O3/c6-2-1-3(7)10-4(2)5(8)9/h1H,(H,8,9). The van der Waals surface area contributed by atoms with E-state index in [0.29, 0.717) is 9.14 Å². The zero-order valence-electron chi connectivity index (χ0n) is 4.60. The summed E-state index contributed by atoms with van der Waals surface area (Å²) >= 11 is 6.00. The van der Waals surface area contributed by atoms with Crippen molar-refractivity contribution < 1.29 is 14.3 Å². The molecule has 0 atom stereocenters. The Labute approximate surface area is 73.3 Å². The second kappa shape index (κ2) is 2.75. The molecule has 1 heterocycles. The highest BCUT2D eigenvalue weighted by atomic mass is 79.9. The summed E-state index contributed by atoms with van der Waals surface area (Å²) in [5.41, 5.74) is 0. The first kappa shape index (κ1) is 7.81. The number of hydrogen-bond acceptors (Lipinski definition) is 2. The first-order valence-electron chi connectivity index (χ1n) is 2.29. The molecule has 0 unspecified atom stereocenters. The molecule has 0 radical (unpaired) electrons. The highest BCUT2D eigenvalue weighted by Gasteiger charge is 2.13. The molecule has 54 valence electrons. The molecule has 1 rings (SSSR count). The van der Waals surface area contributed by atoms with Crippen molar-refractivity contribution in [1.82, 2.24) is 0 Å². The Hall–Kier alpha value is -0.290. The van der Waals surface area contributed by atoms with Crippen LogP contribution in [0.4, 0.5) is 0 Å². The molecule has 0 saturated heterocycles. The molecule has 10 heavy (non-hydrogen) atoms. The SMILES string of the molecule is O=C(O)c1oc(Br)cc1Br. The number of carboxylic acids is 1. The van der Waals surface area contributed by atoms with Crippen LogP contribution in [0.1, 0.15) is 10.6 Å². The van der Waals surface area contributed by atoms with Crippen molar-refractivity contribution in [2.45, 2.75) is 0 Å². The van der Waals surface area contributed by atoms with Crippen molar-refractivity contribution in [1.29, 1.82) is 0 Å². The minimum Gasteiger partial charge on any atom is -0.475 e. The fourth-order valence-electron chi connectivity index (χ4n) is 0.487. The van der Waals surface area contributed by atoms with E-state index >= 15 is 0 Å². The molecule has 5 heteroatoms. The van der Waals surface area contributed by atoms with Crippen molar-refractivity contribution in [3.8, 4) is 0 Å². The van der Waals surface area contributed by atoms with Crippen LogP contribution in [0.25, 0.3) is 0 Å². The lowest BCUT2D eigenvalue weighted by Gasteiger charge is -1.84. The number of carbonyl (C=O) groups is 1. The van der Waals surface area contributed by atoms with Gasteiger partial charge in [-0.3, -0.25) is 0 Å². The molecule has 0 bridgehead atoms. The second-order valence-electron chi connectivity index (χ2n) is 1.53. The number of halogens is 2. The van der Waals surface area contributed by atoms with Crippen LogP contribution in [0.15, 0.2) is 19.6 Å². The van der Waals surface area contributed by atoms with Crippen molar-refractivity contribution >= 4 is 37.8 Å². The monoisotopic (exact) mass is 268 g/mol. The van der Waals surface area contributed by atoms with Gasteiger partial charge >= 0.3 is 5.97 Å². The van der Waals surface area contributed by atoms with E-state index in [1.54, 1.807) is 0 Å². The van der Waals surface area contributed by atoms with Gasteiger partial charge in [-0.25, -0.2) is 4.79 Å². The van der Waals surface area contributed by atoms with E-state index in [9.17, 15) is 4.79 Å². The van der Waals surface area contributed by atoms with E-state index in [2.05, 4.69) is 31.9 Å². The van der Waals surface area contributed by atoms with Crippen LogP contribution in [0.3, 0.4) is 0 Å². The molecule has 1 N–H and O–H groups in total. The number of rotatable bonds is 1. The van der Waals surface area contributed by atoms with Gasteiger partial charge in [0.2, 0.25) is 5.76 Å². The van der Waals surface area contributed by atoms with Crippen molar-refractivity contribution in [2.75, 3.05) is 0 Å². The number of aromatic carboxylic acids is 1. The predicted molar refractivity (Wildman–Crippen MR) is 41.1 cm³/mol. The smallest absolute Gasteiger partial charge is 0.373 e. The normalized spacial score (nSPS) is 9.80. The Morgan fingerprint density at radius 1 is 1.60 bits per heavy atom. The Morgan fingerprint density at radius 2 is 2.20 bits per heavy atom. The Morgan fingerprint density at radius 3 is 2.40 bits per heavy atom. The summed E-state index contributed by atoms with van der Waals surface area (Å²) in [6, 6.07) is 1.53. The summed E-state index contributed by atoms with van der Waals surface area (Å²) in [4.78, 5) is 10.3. The van der Waals surface area contributed by atoms with Gasteiger partial charge in [-0.1, -0.05) is 0 Å². The summed E-state index contributed by atoms with van der Waals surface area (Å²) in [6.07, 6.45) is 0. The molecule has 0 saturated carbocycles. The summed E-state index contributed by atoms with van der Waals surface area (Å²) in [5.74, 6) is -1.18. The van der Waals surface area contributed by atoms with E-state index in [1.807, 2.05) is 0 Å². The van der Waals surface area contributed by atoms with Gasteiger partial charge in [0.25, 0.3) is 0 Å². The lowest BCUT2D eigenvalue weighted by atomic mass is 10.5. The second-order valence-corrected chi connectivity index (χ2v) is 3.17. The molecule has 0 fully saturated rings. The topological polar surface area (TPSA) is 50.4 Å². The fourth-order valence-corrected chi connectivity index (χ4v) is 1.64. The Balaban J connectivity index is 3.15. The maximum Gasteiger partial charge on any atom is 0.373 e. The fraction of sp³-hybridized carbons (Fsp3) is 0. The summed E-state index contributed by atoms with van der Waals surface area (Å²) in [7, 11) is 0. The van der Waals surface area contributed by atoms with Crippen LogP contribution in [0.2, 0.25) is 0 Å². The van der Waals surface area contributed by atoms with E-state index < -0.39 is 5.97 Å². The third-order valence-electron chi connectivity index (χ3n) is 0.851. The summed E-state index contributed by atoms with van der Waals surface area (Å²) in [5, 5.41) is 8.43. The van der Waals surface area contributed by atoms with Gasteiger partial charge in [0, 0.05) is 6.07 Å². The first-order valence-corrected chi connectivity index (χ1v) is 3.88. The Bertz CT molecular complexity index is 266. The van der Waals surface area contributed by atoms with Gasteiger partial charge in [0.05, 0.1) is 4.47 Å². The van der Waals surface area contributed by atoms with Crippen molar-refractivity contribution in [2.24, 2.45) is 0 Å². The van der Waals surface area contributed by atoms with Crippen LogP contribution < -0.4 is 0 Å². The van der Waals surface area contributed by atoms with Gasteiger partial charge in [0.15, 0.2) is 4.67 Å². The van der Waals surface area contributed by atoms with Gasteiger partial charge in [0.1, 0.15) is 0 Å². The van der Waals surface area contributed by atoms with Crippen molar-refractivity contribution in [3.05, 3.63) is 21.0 Å². The maximum absolute atomic E-state index is 10.3. The molecule has 0 spiro atoms. The molecule has 0 aliphatic rings. The highest BCUT2D eigenvalue weighted by Crippen LogP contribution is 2.24. The molecular weight excluding hydrogens is 268 g/mol. The Kier molecular flexibility index (Phi) is 2.15. The summed E-state index contributed by atoms with van der Waals surface area (Å²) in [6.45, 7) is 0. The molecular formula is C5H2Br2O3. The van der Waals surface area contributed by atoms with Gasteiger partial charge < -0.3 is 9.52 Å². The van der Waals surface area contributed by atoms with E-state index in [0.717, 1.165) is 0 Å². The van der Waals surface area contributed by atoms with Gasteiger partial charge in [-0.2, -0.15) is 0 Å². The van der Waals surface area contributed by atoms with Crippen LogP contribution in [-0.4, -0.2) is 11.1 Å². The van der Waals surface area contributed by atoms with E-state index in [4.69, 9.17) is 9.52 Å². The number of furan rings is 1. The van der Waals surface area contributed by atoms with Crippen LogP contribution in [0.5, 0.6) is 0 Å². The van der Waals surface area contributed by atoms with E-state index in [-0.39, 0.29) is 5.76 Å². The molecule has 1 aromatic heterocycles. The minimum absolute atomic E-state index is 0.0909. The minimum atomic E-state index is -1.09. The van der Waals surface area contributed by atoms with Crippen LogP contribution >= 0.6 is 31.9 Å². The predicted octanol–water partition coefficient (Wildman–Crippen LogP) is 2.50. The molecule has 0 amide bonds. The molecule has 3 nitrogen and oxygen atoms in total. The average Bonchev–Trinajstić information content (AvgIpc) is 2.10. The number of carboxylic acid groups (broad SMARTS) is 1. The molecule has 0 aliphatic heterocycles. The van der Waals surface area contributed by atoms with Crippen LogP contribution in [0, 0.1) is 0 Å². The third-order valence-corrected chi connectivity index (χ3v) is 1.83. The molecule has 0 aromatic carbocycles. The van der Waals surface area contributed by atoms with Crippen LogP contribution in [-0.2, 0) is 0 Å². The number of hydrogen-bond donors (Lipinski definition) is 1. The summed E-state index contributed by atoms with van der Waals surface area (Å²) < 4.78 is 5.58. The lowest BCUT2D eigenvalue weighted by molar-refractivity contribution is 0.0659.